The van der Waals surface area contributed by atoms with Crippen LogP contribution in [0.4, 0.5) is 0 Å². The van der Waals surface area contributed by atoms with Crippen molar-refractivity contribution in [3.8, 4) is 5.75 Å². The second-order valence-corrected chi connectivity index (χ2v) is 5.73. The summed E-state index contributed by atoms with van der Waals surface area (Å²) in [7, 11) is 0. The monoisotopic (exact) mass is 311 g/mol. The van der Waals surface area contributed by atoms with Gasteiger partial charge < -0.3 is 15.2 Å². The van der Waals surface area contributed by atoms with Crippen LogP contribution < -0.4 is 10.1 Å². The molecule has 0 radical (unpaired) electrons. The Morgan fingerprint density at radius 2 is 2.05 bits per heavy atom. The largest absolute Gasteiger partial charge is 0.482 e. The predicted octanol–water partition coefficient (Wildman–Crippen LogP) is 2.44. The van der Waals surface area contributed by atoms with Crippen LogP contribution in [0.2, 0.25) is 0 Å². The van der Waals surface area contributed by atoms with Crippen molar-refractivity contribution in [1.82, 2.24) is 5.32 Å². The Balaban J connectivity index is 2.06. The minimum Gasteiger partial charge on any atom is -0.482 e. The summed E-state index contributed by atoms with van der Waals surface area (Å²) in [6.45, 7) is -0.349. The van der Waals surface area contributed by atoms with E-state index < -0.39 is 5.97 Å². The van der Waals surface area contributed by atoms with E-state index in [2.05, 4.69) is 5.32 Å². The van der Waals surface area contributed by atoms with E-state index in [0.29, 0.717) is 15.1 Å². The molecule has 7 heteroatoms. The highest BCUT2D eigenvalue weighted by Crippen LogP contribution is 2.27. The van der Waals surface area contributed by atoms with Crippen LogP contribution in [0.25, 0.3) is 6.08 Å². The number of hydrogen-bond acceptors (Lipinski definition) is 5. The van der Waals surface area contributed by atoms with Crippen LogP contribution in [-0.4, -0.2) is 27.0 Å². The van der Waals surface area contributed by atoms with Gasteiger partial charge in [-0.2, -0.15) is 0 Å². The highest BCUT2D eigenvalue weighted by molar-refractivity contribution is 8.27. The summed E-state index contributed by atoms with van der Waals surface area (Å²) in [4.78, 5) is 11.9. The molecule has 1 heterocycles. The van der Waals surface area contributed by atoms with Crippen molar-refractivity contribution in [2.45, 2.75) is 0 Å². The lowest BCUT2D eigenvalue weighted by Gasteiger charge is -2.03. The van der Waals surface area contributed by atoms with Crippen molar-refractivity contribution in [2.75, 3.05) is 6.61 Å². The van der Waals surface area contributed by atoms with Gasteiger partial charge in [0, 0.05) is 4.91 Å². The molecule has 0 aliphatic carbocycles. The van der Waals surface area contributed by atoms with Gasteiger partial charge in [-0.1, -0.05) is 48.3 Å². The Morgan fingerprint density at radius 3 is 2.58 bits per heavy atom. The maximum Gasteiger partial charge on any atom is 0.341 e. The molecule has 98 valence electrons. The lowest BCUT2D eigenvalue weighted by Crippen LogP contribution is -2.15. The Kier molecular flexibility index (Phi) is 4.52. The lowest BCUT2D eigenvalue weighted by atomic mass is 10.2. The third kappa shape index (κ3) is 4.02. The van der Waals surface area contributed by atoms with E-state index >= 15 is 0 Å². The highest BCUT2D eigenvalue weighted by atomic mass is 32.2. The molecule has 1 aliphatic heterocycles. The summed E-state index contributed by atoms with van der Waals surface area (Å²) in [5, 5.41) is 11.4. The number of thioether (sulfide) groups is 1. The molecule has 0 unspecified atom stereocenters. The fraction of sp³-hybridized carbons (Fsp3) is 0.0833. The van der Waals surface area contributed by atoms with Crippen molar-refractivity contribution >= 4 is 57.6 Å². The van der Waals surface area contributed by atoms with Gasteiger partial charge in [-0.05, 0) is 23.8 Å². The molecule has 1 aliphatic rings. The van der Waals surface area contributed by atoms with Gasteiger partial charge in [0.25, 0.3) is 0 Å². The Hall–Kier alpha value is -1.44. The van der Waals surface area contributed by atoms with Crippen LogP contribution in [0, 0.1) is 0 Å². The third-order valence-corrected chi connectivity index (χ3v) is 3.81. The molecule has 0 aromatic heterocycles. The van der Waals surface area contributed by atoms with Crippen LogP contribution in [0.5, 0.6) is 5.75 Å². The molecular weight excluding hydrogens is 302 g/mol. The van der Waals surface area contributed by atoms with Crippen LogP contribution in [0.15, 0.2) is 29.2 Å². The van der Waals surface area contributed by atoms with E-state index in [1.807, 2.05) is 18.2 Å². The van der Waals surface area contributed by atoms with E-state index in [-0.39, 0.29) is 6.61 Å². The summed E-state index contributed by atoms with van der Waals surface area (Å²) in [6, 6.07) is 7.08. The molecular formula is C12H9NO3S3. The summed E-state index contributed by atoms with van der Waals surface area (Å²) in [5.41, 5.74) is 0.944. The Bertz CT molecular complexity index is 566. The molecule has 0 atom stereocenters. The number of ether oxygens (including phenoxy) is 1. The standard InChI is InChI=1S/C12H9NO3S3/c14-10(15)6-16-8-3-1-7(2-4-8)5-9-11(17)13-12(18)19-9/h1-5H,6H2,(H,14,15)(H,13,17,18)/b9-5+. The summed E-state index contributed by atoms with van der Waals surface area (Å²) in [5.74, 6) is -0.488. The quantitative estimate of drug-likeness (QED) is 0.654. The number of aliphatic carboxylic acids is 1. The van der Waals surface area contributed by atoms with Crippen LogP contribution in [0.3, 0.4) is 0 Å². The average Bonchev–Trinajstić information content (AvgIpc) is 2.67. The molecule has 19 heavy (non-hydrogen) atoms. The summed E-state index contributed by atoms with van der Waals surface area (Å²) in [6.07, 6.45) is 1.92. The van der Waals surface area contributed by atoms with E-state index in [9.17, 15) is 4.79 Å². The van der Waals surface area contributed by atoms with E-state index in [0.717, 1.165) is 10.5 Å². The number of carboxylic acids is 1. The van der Waals surface area contributed by atoms with Gasteiger partial charge >= 0.3 is 5.97 Å². The molecule has 0 spiro atoms. The van der Waals surface area contributed by atoms with Crippen molar-refractivity contribution in [2.24, 2.45) is 0 Å². The van der Waals surface area contributed by atoms with Crippen molar-refractivity contribution in [1.29, 1.82) is 0 Å². The predicted molar refractivity (Wildman–Crippen MR) is 83.5 cm³/mol. The van der Waals surface area contributed by atoms with Gasteiger partial charge in [0.15, 0.2) is 6.61 Å². The summed E-state index contributed by atoms with van der Waals surface area (Å²) < 4.78 is 5.70. The Morgan fingerprint density at radius 1 is 1.37 bits per heavy atom. The van der Waals surface area contributed by atoms with Gasteiger partial charge in [-0.3, -0.25) is 0 Å². The van der Waals surface area contributed by atoms with Gasteiger partial charge in [-0.25, -0.2) is 4.79 Å². The smallest absolute Gasteiger partial charge is 0.341 e. The number of rotatable bonds is 4. The van der Waals surface area contributed by atoms with Gasteiger partial charge in [0.05, 0.1) is 0 Å². The van der Waals surface area contributed by atoms with Crippen molar-refractivity contribution in [3.05, 3.63) is 34.7 Å². The van der Waals surface area contributed by atoms with E-state index in [4.69, 9.17) is 34.3 Å². The van der Waals surface area contributed by atoms with Gasteiger partial charge in [0.2, 0.25) is 0 Å². The molecule has 4 nitrogen and oxygen atoms in total. The molecule has 0 saturated carbocycles. The first-order valence-corrected chi connectivity index (χ1v) is 6.87. The minimum atomic E-state index is -1.00. The first-order chi connectivity index (χ1) is 9.04. The normalized spacial score (nSPS) is 16.5. The van der Waals surface area contributed by atoms with Crippen LogP contribution >= 0.6 is 36.2 Å². The van der Waals surface area contributed by atoms with E-state index in [1.165, 1.54) is 11.8 Å². The zero-order valence-corrected chi connectivity index (χ0v) is 12.0. The maximum absolute atomic E-state index is 10.4. The fourth-order valence-corrected chi connectivity index (χ4v) is 2.86. The van der Waals surface area contributed by atoms with Crippen molar-refractivity contribution in [3.63, 3.8) is 0 Å². The van der Waals surface area contributed by atoms with Crippen LogP contribution in [0.1, 0.15) is 5.56 Å². The first kappa shape index (κ1) is 14.0. The number of benzene rings is 1. The molecule has 2 rings (SSSR count). The zero-order chi connectivity index (χ0) is 13.8. The number of carbonyl (C=O) groups is 1. The number of thiocarbonyl (C=S) groups is 2. The third-order valence-electron chi connectivity index (χ3n) is 2.18. The number of nitrogens with one attached hydrogen (secondary N) is 1. The first-order valence-electron chi connectivity index (χ1n) is 5.24. The minimum absolute atomic E-state index is 0.349. The molecule has 0 bridgehead atoms. The molecule has 1 aromatic carbocycles. The topological polar surface area (TPSA) is 58.6 Å². The second kappa shape index (κ2) is 6.14. The van der Waals surface area contributed by atoms with Gasteiger partial charge in [-0.15, -0.1) is 0 Å². The second-order valence-electron chi connectivity index (χ2n) is 3.60. The number of carboxylic acid groups (broad SMARTS) is 1. The maximum atomic E-state index is 10.4. The number of hydrogen-bond donors (Lipinski definition) is 2. The summed E-state index contributed by atoms with van der Waals surface area (Å²) >= 11 is 11.6. The molecule has 0 amide bonds. The van der Waals surface area contributed by atoms with Crippen molar-refractivity contribution < 1.29 is 14.6 Å². The van der Waals surface area contributed by atoms with E-state index in [1.54, 1.807) is 12.1 Å². The van der Waals surface area contributed by atoms with Gasteiger partial charge in [0.1, 0.15) is 15.1 Å². The molecule has 1 aromatic rings. The Labute approximate surface area is 124 Å². The highest BCUT2D eigenvalue weighted by Gasteiger charge is 2.18. The molecule has 1 saturated heterocycles. The zero-order valence-electron chi connectivity index (χ0n) is 9.58. The SMILES string of the molecule is O=C(O)COc1ccc(/C=C2/SC(=S)NC2=S)cc1. The average molecular weight is 311 g/mol. The van der Waals surface area contributed by atoms with Crippen LogP contribution in [-0.2, 0) is 4.79 Å². The lowest BCUT2D eigenvalue weighted by molar-refractivity contribution is -0.139. The fourth-order valence-electron chi connectivity index (χ4n) is 1.38. The molecule has 2 N–H and O–H groups in total. The molecule has 1 fully saturated rings.